The van der Waals surface area contributed by atoms with Crippen LogP contribution in [0.25, 0.3) is 10.9 Å². The minimum atomic E-state index is -0.435. The van der Waals surface area contributed by atoms with Crippen molar-refractivity contribution in [3.8, 4) is 0 Å². The van der Waals surface area contributed by atoms with Gasteiger partial charge in [-0.1, -0.05) is 41.4 Å². The van der Waals surface area contributed by atoms with Crippen LogP contribution in [0.3, 0.4) is 0 Å². The Kier molecular flexibility index (Phi) is 3.39. The summed E-state index contributed by atoms with van der Waals surface area (Å²) >= 11 is 5.99. The smallest absolute Gasteiger partial charge is 0.289 e. The molecule has 0 amide bonds. The van der Waals surface area contributed by atoms with Gasteiger partial charge in [-0.15, -0.1) is 0 Å². The third-order valence-corrected chi connectivity index (χ3v) is 3.66. The second-order valence-electron chi connectivity index (χ2n) is 4.99. The summed E-state index contributed by atoms with van der Waals surface area (Å²) in [7, 11) is 0. The van der Waals surface area contributed by atoms with E-state index in [1.165, 1.54) is 4.57 Å². The molecule has 2 aromatic carbocycles. The molecule has 5 heteroatoms. The number of H-pyrrole nitrogens is 1. The lowest BCUT2D eigenvalue weighted by atomic mass is 10.1. The molecule has 1 heterocycles. The van der Waals surface area contributed by atoms with Crippen LogP contribution in [0.2, 0.25) is 5.02 Å². The Morgan fingerprint density at radius 2 is 1.81 bits per heavy atom. The van der Waals surface area contributed by atoms with Gasteiger partial charge in [0.1, 0.15) is 0 Å². The summed E-state index contributed by atoms with van der Waals surface area (Å²) in [5.41, 5.74) is 1.84. The highest BCUT2D eigenvalue weighted by molar-refractivity contribution is 6.31. The summed E-state index contributed by atoms with van der Waals surface area (Å²) in [5, 5.41) is 0.941. The van der Waals surface area contributed by atoms with Crippen LogP contribution in [0.5, 0.6) is 0 Å². The van der Waals surface area contributed by atoms with Crippen LogP contribution >= 0.6 is 11.6 Å². The summed E-state index contributed by atoms with van der Waals surface area (Å²) in [6, 6.07) is 12.8. The molecule has 0 saturated carbocycles. The number of aryl methyl sites for hydroxylation is 1. The molecule has 0 fully saturated rings. The molecule has 0 aliphatic heterocycles. The third kappa shape index (κ3) is 2.62. The molecule has 4 nitrogen and oxygen atoms in total. The van der Waals surface area contributed by atoms with Crippen LogP contribution in [0.1, 0.15) is 11.1 Å². The van der Waals surface area contributed by atoms with Crippen LogP contribution < -0.4 is 11.2 Å². The lowest BCUT2D eigenvalue weighted by molar-refractivity contribution is 0.756. The highest BCUT2D eigenvalue weighted by atomic mass is 35.5. The van der Waals surface area contributed by atoms with E-state index >= 15 is 0 Å². The van der Waals surface area contributed by atoms with E-state index in [9.17, 15) is 9.59 Å². The Hall–Kier alpha value is -2.33. The largest absolute Gasteiger partial charge is 0.329 e. The number of halogens is 1. The van der Waals surface area contributed by atoms with Gasteiger partial charge >= 0.3 is 5.69 Å². The molecule has 3 rings (SSSR count). The number of aromatic amines is 1. The lowest BCUT2D eigenvalue weighted by Crippen LogP contribution is -2.30. The van der Waals surface area contributed by atoms with Gasteiger partial charge in [-0.25, -0.2) is 4.79 Å². The van der Waals surface area contributed by atoms with Crippen molar-refractivity contribution >= 4 is 22.5 Å². The van der Waals surface area contributed by atoms with E-state index < -0.39 is 11.2 Å². The zero-order chi connectivity index (χ0) is 15.0. The molecule has 0 unspecified atom stereocenters. The van der Waals surface area contributed by atoms with E-state index in [-0.39, 0.29) is 0 Å². The van der Waals surface area contributed by atoms with Crippen molar-refractivity contribution in [2.24, 2.45) is 0 Å². The molecule has 1 N–H and O–H groups in total. The number of hydrogen-bond donors (Lipinski definition) is 1. The Morgan fingerprint density at radius 3 is 2.52 bits per heavy atom. The second kappa shape index (κ2) is 5.22. The zero-order valence-electron chi connectivity index (χ0n) is 11.4. The van der Waals surface area contributed by atoms with Crippen LogP contribution in [-0.2, 0) is 6.54 Å². The first-order valence-corrected chi connectivity index (χ1v) is 6.90. The van der Waals surface area contributed by atoms with Crippen LogP contribution in [-0.4, -0.2) is 9.55 Å². The standard InChI is InChI=1S/C16H13ClN2O2/c1-10-2-4-11(5-3-10)9-19-14-8-12(17)6-7-13(14)15(20)18-16(19)21/h2-8H,9H2,1H3,(H,18,20,21). The van der Waals surface area contributed by atoms with Gasteiger partial charge in [-0.2, -0.15) is 0 Å². The molecule has 0 aliphatic rings. The number of nitrogens with zero attached hydrogens (tertiary/aromatic N) is 1. The van der Waals surface area contributed by atoms with Crippen molar-refractivity contribution in [3.05, 3.63) is 79.5 Å². The number of nitrogens with one attached hydrogen (secondary N) is 1. The summed E-state index contributed by atoms with van der Waals surface area (Å²) in [6.45, 7) is 2.39. The Morgan fingerprint density at radius 1 is 1.10 bits per heavy atom. The van der Waals surface area contributed by atoms with Gasteiger partial charge in [-0.3, -0.25) is 14.3 Å². The van der Waals surface area contributed by atoms with E-state index in [1.54, 1.807) is 18.2 Å². The Bertz CT molecular complexity index is 924. The molecule has 0 bridgehead atoms. The van der Waals surface area contributed by atoms with Gasteiger partial charge in [0.25, 0.3) is 5.56 Å². The van der Waals surface area contributed by atoms with Gasteiger partial charge in [-0.05, 0) is 30.7 Å². The number of aromatic nitrogens is 2. The molecule has 0 saturated heterocycles. The average Bonchev–Trinajstić information content (AvgIpc) is 2.45. The normalized spacial score (nSPS) is 11.0. The average molecular weight is 301 g/mol. The SMILES string of the molecule is Cc1ccc(Cn2c(=O)[nH]c(=O)c3ccc(Cl)cc32)cc1. The number of hydrogen-bond acceptors (Lipinski definition) is 2. The summed E-state index contributed by atoms with van der Waals surface area (Å²) in [6.07, 6.45) is 0. The fourth-order valence-electron chi connectivity index (χ4n) is 2.29. The molecule has 106 valence electrons. The summed E-state index contributed by atoms with van der Waals surface area (Å²) < 4.78 is 1.52. The maximum Gasteiger partial charge on any atom is 0.329 e. The highest BCUT2D eigenvalue weighted by Gasteiger charge is 2.08. The fourth-order valence-corrected chi connectivity index (χ4v) is 2.46. The minimum absolute atomic E-state index is 0.382. The van der Waals surface area contributed by atoms with Crippen LogP contribution in [0, 0.1) is 6.92 Å². The van der Waals surface area contributed by atoms with E-state index in [4.69, 9.17) is 11.6 Å². The Balaban J connectivity index is 2.21. The van der Waals surface area contributed by atoms with Gasteiger partial charge in [0, 0.05) is 5.02 Å². The maximum atomic E-state index is 12.1. The van der Waals surface area contributed by atoms with Crippen molar-refractivity contribution in [1.82, 2.24) is 9.55 Å². The molecule has 21 heavy (non-hydrogen) atoms. The van der Waals surface area contributed by atoms with Gasteiger partial charge in [0.2, 0.25) is 0 Å². The second-order valence-corrected chi connectivity index (χ2v) is 5.43. The maximum absolute atomic E-state index is 12.1. The Labute approximate surface area is 125 Å². The predicted octanol–water partition coefficient (Wildman–Crippen LogP) is 2.70. The quantitative estimate of drug-likeness (QED) is 0.791. The van der Waals surface area contributed by atoms with Crippen molar-refractivity contribution in [1.29, 1.82) is 0 Å². The molecule has 0 spiro atoms. The van der Waals surface area contributed by atoms with Crippen LogP contribution in [0.4, 0.5) is 0 Å². The topological polar surface area (TPSA) is 54.9 Å². The number of rotatable bonds is 2. The monoisotopic (exact) mass is 300 g/mol. The van der Waals surface area contributed by atoms with E-state index in [0.717, 1.165) is 11.1 Å². The molecule has 0 atom stereocenters. The van der Waals surface area contributed by atoms with Gasteiger partial charge < -0.3 is 0 Å². The summed E-state index contributed by atoms with van der Waals surface area (Å²) in [5.74, 6) is 0. The van der Waals surface area contributed by atoms with E-state index in [2.05, 4.69) is 4.98 Å². The molecule has 1 aromatic heterocycles. The zero-order valence-corrected chi connectivity index (χ0v) is 12.1. The molecule has 3 aromatic rings. The first-order chi connectivity index (χ1) is 10.0. The first kappa shape index (κ1) is 13.6. The minimum Gasteiger partial charge on any atom is -0.289 e. The van der Waals surface area contributed by atoms with E-state index in [0.29, 0.717) is 22.5 Å². The predicted molar refractivity (Wildman–Crippen MR) is 84.1 cm³/mol. The van der Waals surface area contributed by atoms with Crippen molar-refractivity contribution in [2.75, 3.05) is 0 Å². The molecule has 0 aliphatic carbocycles. The van der Waals surface area contributed by atoms with Crippen molar-refractivity contribution in [3.63, 3.8) is 0 Å². The molecule has 0 radical (unpaired) electrons. The van der Waals surface area contributed by atoms with Gasteiger partial charge in [0.15, 0.2) is 0 Å². The van der Waals surface area contributed by atoms with Gasteiger partial charge in [0.05, 0.1) is 17.4 Å². The fraction of sp³-hybridized carbons (Fsp3) is 0.125. The first-order valence-electron chi connectivity index (χ1n) is 6.52. The number of fused-ring (bicyclic) bond motifs is 1. The van der Waals surface area contributed by atoms with Crippen molar-refractivity contribution in [2.45, 2.75) is 13.5 Å². The summed E-state index contributed by atoms with van der Waals surface area (Å²) in [4.78, 5) is 26.3. The van der Waals surface area contributed by atoms with E-state index in [1.807, 2.05) is 31.2 Å². The molecular formula is C16H13ClN2O2. The number of benzene rings is 2. The third-order valence-electron chi connectivity index (χ3n) is 3.42. The van der Waals surface area contributed by atoms with Crippen LogP contribution in [0.15, 0.2) is 52.1 Å². The lowest BCUT2D eigenvalue weighted by Gasteiger charge is -2.10. The molecular weight excluding hydrogens is 288 g/mol. The highest BCUT2D eigenvalue weighted by Crippen LogP contribution is 2.16. The van der Waals surface area contributed by atoms with Crippen molar-refractivity contribution < 1.29 is 0 Å².